The first-order valence-corrected chi connectivity index (χ1v) is 10.9. The number of amides is 1. The van der Waals surface area contributed by atoms with Gasteiger partial charge >= 0.3 is 0 Å². The Morgan fingerprint density at radius 1 is 0.853 bits per heavy atom. The number of nitrogens with zero attached hydrogens (tertiary/aromatic N) is 3. The standard InChI is InChI=1S/C29H21N3O2/c1-32-26-15-14-21(24-12-5-6-13-27(24)34-23-10-3-2-4-11-23)17-25(26)29(31-19-28(32)33)22-9-7-8-20(16-22)18-30/h2-17H,19H2,1H3. The van der Waals surface area contributed by atoms with Crippen LogP contribution in [0.15, 0.2) is 102 Å². The van der Waals surface area contributed by atoms with Crippen LogP contribution in [0.25, 0.3) is 11.1 Å². The lowest BCUT2D eigenvalue weighted by Crippen LogP contribution is -2.27. The molecule has 0 N–H and O–H groups in total. The predicted octanol–water partition coefficient (Wildman–Crippen LogP) is 5.83. The van der Waals surface area contributed by atoms with E-state index in [0.717, 1.165) is 39.4 Å². The number of para-hydroxylation sites is 2. The second kappa shape index (κ2) is 9.05. The van der Waals surface area contributed by atoms with E-state index < -0.39 is 0 Å². The Morgan fingerprint density at radius 2 is 1.65 bits per heavy atom. The fourth-order valence-electron chi connectivity index (χ4n) is 4.05. The Morgan fingerprint density at radius 3 is 2.47 bits per heavy atom. The van der Waals surface area contributed by atoms with Gasteiger partial charge in [-0.15, -0.1) is 0 Å². The van der Waals surface area contributed by atoms with Crippen LogP contribution in [0.3, 0.4) is 0 Å². The van der Waals surface area contributed by atoms with Crippen molar-refractivity contribution in [3.63, 3.8) is 0 Å². The molecule has 4 aromatic carbocycles. The fraction of sp³-hybridized carbons (Fsp3) is 0.0690. The Hall–Kier alpha value is -4.69. The maximum Gasteiger partial charge on any atom is 0.248 e. The highest BCUT2D eigenvalue weighted by molar-refractivity contribution is 6.20. The summed E-state index contributed by atoms with van der Waals surface area (Å²) in [6.45, 7) is 0.0420. The van der Waals surface area contributed by atoms with Crippen molar-refractivity contribution in [3.05, 3.63) is 114 Å². The number of carbonyl (C=O) groups excluding carboxylic acids is 1. The summed E-state index contributed by atoms with van der Waals surface area (Å²) in [5.41, 5.74) is 5.50. The molecule has 0 aromatic heterocycles. The molecule has 1 amide bonds. The molecule has 5 rings (SSSR count). The van der Waals surface area contributed by atoms with Gasteiger partial charge in [0, 0.05) is 23.7 Å². The quantitative estimate of drug-likeness (QED) is 0.398. The number of rotatable bonds is 4. The van der Waals surface area contributed by atoms with Gasteiger partial charge in [0.2, 0.25) is 5.91 Å². The van der Waals surface area contributed by atoms with E-state index >= 15 is 0 Å². The van der Waals surface area contributed by atoms with E-state index in [2.05, 4.69) is 11.1 Å². The van der Waals surface area contributed by atoms with E-state index in [9.17, 15) is 10.1 Å². The van der Waals surface area contributed by atoms with Gasteiger partial charge in [0.05, 0.1) is 23.0 Å². The average Bonchev–Trinajstić information content (AvgIpc) is 3.01. The van der Waals surface area contributed by atoms with Crippen LogP contribution < -0.4 is 9.64 Å². The average molecular weight is 444 g/mol. The molecule has 0 fully saturated rings. The van der Waals surface area contributed by atoms with Gasteiger partial charge in [-0.05, 0) is 48.0 Å². The Bertz CT molecular complexity index is 1450. The summed E-state index contributed by atoms with van der Waals surface area (Å²) in [4.78, 5) is 18.9. The lowest BCUT2D eigenvalue weighted by molar-refractivity contribution is -0.116. The van der Waals surface area contributed by atoms with Crippen molar-refractivity contribution < 1.29 is 9.53 Å². The number of ether oxygens (including phenoxy) is 1. The van der Waals surface area contributed by atoms with Crippen LogP contribution in [-0.2, 0) is 4.79 Å². The summed E-state index contributed by atoms with van der Waals surface area (Å²) in [6.07, 6.45) is 0. The van der Waals surface area contributed by atoms with Crippen molar-refractivity contribution >= 4 is 17.3 Å². The number of benzodiazepines with no additional fused rings is 1. The summed E-state index contributed by atoms with van der Waals surface area (Å²) in [5, 5.41) is 9.37. The van der Waals surface area contributed by atoms with E-state index in [1.165, 1.54) is 0 Å². The third kappa shape index (κ3) is 4.05. The zero-order valence-electron chi connectivity index (χ0n) is 18.6. The molecule has 0 unspecified atom stereocenters. The highest BCUT2D eigenvalue weighted by atomic mass is 16.5. The largest absolute Gasteiger partial charge is 0.457 e. The summed E-state index contributed by atoms with van der Waals surface area (Å²) in [7, 11) is 1.76. The van der Waals surface area contributed by atoms with Crippen LogP contribution in [0.2, 0.25) is 0 Å². The van der Waals surface area contributed by atoms with Crippen LogP contribution >= 0.6 is 0 Å². The summed E-state index contributed by atoms with van der Waals surface area (Å²) >= 11 is 0. The molecule has 0 atom stereocenters. The van der Waals surface area contributed by atoms with E-state index in [-0.39, 0.29) is 12.5 Å². The lowest BCUT2D eigenvalue weighted by Gasteiger charge is -2.20. The van der Waals surface area contributed by atoms with Crippen molar-refractivity contribution in [2.45, 2.75) is 0 Å². The summed E-state index contributed by atoms with van der Waals surface area (Å²) < 4.78 is 6.18. The molecule has 0 bridgehead atoms. The van der Waals surface area contributed by atoms with Gasteiger partial charge in [0.25, 0.3) is 0 Å². The number of hydrogen-bond donors (Lipinski definition) is 0. The number of aliphatic imine (C=N–C) groups is 1. The number of carbonyl (C=O) groups is 1. The van der Waals surface area contributed by atoms with E-state index in [1.54, 1.807) is 24.1 Å². The van der Waals surface area contributed by atoms with Crippen molar-refractivity contribution in [1.29, 1.82) is 5.26 Å². The minimum atomic E-state index is -0.0896. The third-order valence-electron chi connectivity index (χ3n) is 5.79. The molecular formula is C29H21N3O2. The van der Waals surface area contributed by atoms with Gasteiger partial charge in [-0.2, -0.15) is 5.26 Å². The molecule has 1 aliphatic rings. The fourth-order valence-corrected chi connectivity index (χ4v) is 4.05. The van der Waals surface area contributed by atoms with E-state index in [0.29, 0.717) is 11.3 Å². The highest BCUT2D eigenvalue weighted by Gasteiger charge is 2.23. The molecule has 34 heavy (non-hydrogen) atoms. The second-order valence-corrected chi connectivity index (χ2v) is 7.95. The normalized spacial score (nSPS) is 12.9. The van der Waals surface area contributed by atoms with Gasteiger partial charge in [0.1, 0.15) is 18.0 Å². The smallest absolute Gasteiger partial charge is 0.248 e. The van der Waals surface area contributed by atoms with E-state index in [4.69, 9.17) is 4.74 Å². The number of likely N-dealkylation sites (N-methyl/N-ethyl adjacent to an activating group) is 1. The van der Waals surface area contributed by atoms with Crippen LogP contribution in [0.4, 0.5) is 5.69 Å². The first-order chi connectivity index (χ1) is 16.6. The summed E-state index contributed by atoms with van der Waals surface area (Å²) in [6, 6.07) is 33.0. The van der Waals surface area contributed by atoms with Gasteiger partial charge in [0.15, 0.2) is 0 Å². The zero-order chi connectivity index (χ0) is 23.5. The van der Waals surface area contributed by atoms with Crippen LogP contribution in [0, 0.1) is 11.3 Å². The lowest BCUT2D eigenvalue weighted by atomic mass is 9.94. The molecule has 5 heteroatoms. The minimum absolute atomic E-state index is 0.0420. The minimum Gasteiger partial charge on any atom is -0.457 e. The van der Waals surface area contributed by atoms with Crippen molar-refractivity contribution in [3.8, 4) is 28.7 Å². The monoisotopic (exact) mass is 443 g/mol. The number of nitriles is 1. The molecule has 0 spiro atoms. The maximum absolute atomic E-state index is 12.6. The summed E-state index contributed by atoms with van der Waals surface area (Å²) in [5.74, 6) is 1.40. The van der Waals surface area contributed by atoms with Gasteiger partial charge < -0.3 is 9.64 Å². The second-order valence-electron chi connectivity index (χ2n) is 7.95. The van der Waals surface area contributed by atoms with Crippen molar-refractivity contribution in [2.24, 2.45) is 4.99 Å². The predicted molar refractivity (Wildman–Crippen MR) is 133 cm³/mol. The molecular weight excluding hydrogens is 422 g/mol. The van der Waals surface area contributed by atoms with E-state index in [1.807, 2.05) is 84.9 Å². The Labute approximate surface area is 198 Å². The first-order valence-electron chi connectivity index (χ1n) is 10.9. The van der Waals surface area contributed by atoms with Gasteiger partial charge in [-0.1, -0.05) is 54.6 Å². The molecule has 5 nitrogen and oxygen atoms in total. The SMILES string of the molecule is CN1C(=O)CN=C(c2cccc(C#N)c2)c2cc(-c3ccccc3Oc3ccccc3)ccc21. The molecule has 4 aromatic rings. The molecule has 1 heterocycles. The molecule has 0 saturated carbocycles. The van der Waals surface area contributed by atoms with Crippen molar-refractivity contribution in [2.75, 3.05) is 18.5 Å². The third-order valence-corrected chi connectivity index (χ3v) is 5.79. The Balaban J connectivity index is 1.64. The Kier molecular flexibility index (Phi) is 5.63. The maximum atomic E-state index is 12.6. The molecule has 0 aliphatic carbocycles. The molecule has 164 valence electrons. The zero-order valence-corrected chi connectivity index (χ0v) is 18.6. The molecule has 0 saturated heterocycles. The van der Waals surface area contributed by atoms with Crippen LogP contribution in [0.1, 0.15) is 16.7 Å². The van der Waals surface area contributed by atoms with Gasteiger partial charge in [-0.3, -0.25) is 9.79 Å². The first kappa shape index (κ1) is 21.2. The van der Waals surface area contributed by atoms with Crippen LogP contribution in [-0.4, -0.2) is 25.2 Å². The van der Waals surface area contributed by atoms with Gasteiger partial charge in [-0.25, -0.2) is 0 Å². The van der Waals surface area contributed by atoms with Crippen molar-refractivity contribution in [1.82, 2.24) is 0 Å². The molecule has 0 radical (unpaired) electrons. The number of benzene rings is 4. The number of fused-ring (bicyclic) bond motifs is 1. The van der Waals surface area contributed by atoms with Crippen LogP contribution in [0.5, 0.6) is 11.5 Å². The number of anilines is 1. The molecule has 1 aliphatic heterocycles. The topological polar surface area (TPSA) is 65.7 Å². The highest BCUT2D eigenvalue weighted by Crippen LogP contribution is 2.36. The number of hydrogen-bond acceptors (Lipinski definition) is 4.